The minimum Gasteiger partial charge on any atom is -0.476 e. The zero-order valence-electron chi connectivity index (χ0n) is 14.5. The molecule has 0 bridgehead atoms. The van der Waals surface area contributed by atoms with Gasteiger partial charge in [-0.05, 0) is 31.4 Å². The van der Waals surface area contributed by atoms with Gasteiger partial charge in [0.1, 0.15) is 0 Å². The summed E-state index contributed by atoms with van der Waals surface area (Å²) in [5, 5.41) is 18.6. The standard InChI is InChI=1S/C19H18N4O3S/c24-18(20-10-9-16-21-14(11-27-16)19(25)26)17-13-7-4-8-15(13)23(22-17)12-5-2-1-3-6-12/h1-3,5-6,11H,4,7-10H2,(H,20,24)(H,25,26). The maximum Gasteiger partial charge on any atom is 0.355 e. The molecule has 0 unspecified atom stereocenters. The Morgan fingerprint density at radius 3 is 2.78 bits per heavy atom. The average Bonchev–Trinajstić information content (AvgIpc) is 3.38. The third-order valence-corrected chi connectivity index (χ3v) is 5.45. The van der Waals surface area contributed by atoms with Gasteiger partial charge >= 0.3 is 5.97 Å². The number of benzene rings is 1. The first-order valence-corrected chi connectivity index (χ1v) is 9.63. The van der Waals surface area contributed by atoms with Crippen LogP contribution in [-0.4, -0.2) is 38.3 Å². The summed E-state index contributed by atoms with van der Waals surface area (Å²) in [7, 11) is 0. The third-order valence-electron chi connectivity index (χ3n) is 4.54. The van der Waals surface area contributed by atoms with Crippen molar-refractivity contribution >= 4 is 23.2 Å². The number of rotatable bonds is 6. The number of amides is 1. The lowest BCUT2D eigenvalue weighted by molar-refractivity contribution is 0.0690. The van der Waals surface area contributed by atoms with Crippen molar-refractivity contribution in [2.24, 2.45) is 0 Å². The Labute approximate surface area is 159 Å². The quantitative estimate of drug-likeness (QED) is 0.683. The second-order valence-corrected chi connectivity index (χ2v) is 7.25. The first-order chi connectivity index (χ1) is 13.1. The van der Waals surface area contributed by atoms with E-state index in [4.69, 9.17) is 5.11 Å². The molecule has 1 aromatic carbocycles. The van der Waals surface area contributed by atoms with E-state index < -0.39 is 5.97 Å². The second kappa shape index (κ2) is 7.32. The number of fused-ring (bicyclic) bond motifs is 1. The van der Waals surface area contributed by atoms with E-state index in [0.29, 0.717) is 23.7 Å². The number of hydrogen-bond acceptors (Lipinski definition) is 5. The molecular formula is C19H18N4O3S. The molecule has 0 fully saturated rings. The van der Waals surface area contributed by atoms with Crippen molar-refractivity contribution in [2.75, 3.05) is 6.54 Å². The van der Waals surface area contributed by atoms with Crippen LogP contribution in [0.15, 0.2) is 35.7 Å². The molecule has 8 heteroatoms. The van der Waals surface area contributed by atoms with E-state index in [9.17, 15) is 9.59 Å². The van der Waals surface area contributed by atoms with Crippen molar-refractivity contribution < 1.29 is 14.7 Å². The van der Waals surface area contributed by atoms with Gasteiger partial charge < -0.3 is 10.4 Å². The number of para-hydroxylation sites is 1. The molecule has 3 aromatic rings. The Kier molecular flexibility index (Phi) is 4.72. The molecule has 2 aromatic heterocycles. The van der Waals surface area contributed by atoms with Crippen molar-refractivity contribution in [3.63, 3.8) is 0 Å². The lowest BCUT2D eigenvalue weighted by Gasteiger charge is -2.05. The van der Waals surface area contributed by atoms with Crippen LogP contribution in [0, 0.1) is 0 Å². The van der Waals surface area contributed by atoms with Gasteiger partial charge in [0, 0.05) is 29.6 Å². The molecule has 0 atom stereocenters. The number of hydrogen-bond donors (Lipinski definition) is 2. The normalized spacial score (nSPS) is 12.7. The number of thiazole rings is 1. The molecular weight excluding hydrogens is 364 g/mol. The summed E-state index contributed by atoms with van der Waals surface area (Å²) in [6.07, 6.45) is 3.30. The Morgan fingerprint density at radius 1 is 1.22 bits per heavy atom. The van der Waals surface area contributed by atoms with Gasteiger partial charge in [0.25, 0.3) is 5.91 Å². The van der Waals surface area contributed by atoms with Gasteiger partial charge in [0.15, 0.2) is 11.4 Å². The van der Waals surface area contributed by atoms with Crippen LogP contribution in [0.2, 0.25) is 0 Å². The molecule has 138 valence electrons. The Hall–Kier alpha value is -3.00. The predicted octanol–water partition coefficient (Wildman–Crippen LogP) is 2.49. The molecule has 1 aliphatic rings. The lowest BCUT2D eigenvalue weighted by Crippen LogP contribution is -2.27. The molecule has 2 heterocycles. The van der Waals surface area contributed by atoms with Gasteiger partial charge in [0.2, 0.25) is 0 Å². The molecule has 0 radical (unpaired) electrons. The number of aromatic carboxylic acids is 1. The Balaban J connectivity index is 1.47. The summed E-state index contributed by atoms with van der Waals surface area (Å²) in [5.74, 6) is -1.23. The summed E-state index contributed by atoms with van der Waals surface area (Å²) in [6.45, 7) is 0.387. The van der Waals surface area contributed by atoms with E-state index in [2.05, 4.69) is 15.4 Å². The monoisotopic (exact) mass is 382 g/mol. The second-order valence-electron chi connectivity index (χ2n) is 6.31. The highest BCUT2D eigenvalue weighted by Crippen LogP contribution is 2.27. The minimum absolute atomic E-state index is 0.0424. The predicted molar refractivity (Wildman–Crippen MR) is 101 cm³/mol. The van der Waals surface area contributed by atoms with Crippen LogP contribution < -0.4 is 5.32 Å². The molecule has 7 nitrogen and oxygen atoms in total. The van der Waals surface area contributed by atoms with Gasteiger partial charge in [-0.1, -0.05) is 18.2 Å². The van der Waals surface area contributed by atoms with Crippen molar-refractivity contribution in [3.8, 4) is 5.69 Å². The van der Waals surface area contributed by atoms with Crippen molar-refractivity contribution in [2.45, 2.75) is 25.7 Å². The van der Waals surface area contributed by atoms with Crippen molar-refractivity contribution in [3.05, 3.63) is 63.4 Å². The average molecular weight is 382 g/mol. The van der Waals surface area contributed by atoms with Crippen LogP contribution in [0.5, 0.6) is 0 Å². The number of carboxylic acid groups (broad SMARTS) is 1. The zero-order valence-corrected chi connectivity index (χ0v) is 15.3. The maximum absolute atomic E-state index is 12.7. The minimum atomic E-state index is -1.04. The number of carbonyl (C=O) groups is 2. The molecule has 1 amide bonds. The van der Waals surface area contributed by atoms with Crippen LogP contribution in [-0.2, 0) is 19.3 Å². The number of nitrogens with one attached hydrogen (secondary N) is 1. The lowest BCUT2D eigenvalue weighted by atomic mass is 10.2. The molecule has 2 N–H and O–H groups in total. The molecule has 4 rings (SSSR count). The van der Waals surface area contributed by atoms with E-state index in [1.165, 1.54) is 16.7 Å². The van der Waals surface area contributed by atoms with E-state index >= 15 is 0 Å². The Morgan fingerprint density at radius 2 is 2.04 bits per heavy atom. The van der Waals surface area contributed by atoms with E-state index in [1.54, 1.807) is 0 Å². The first-order valence-electron chi connectivity index (χ1n) is 8.75. The van der Waals surface area contributed by atoms with E-state index in [0.717, 1.165) is 36.2 Å². The summed E-state index contributed by atoms with van der Waals surface area (Å²) in [5.41, 5.74) is 3.62. The fourth-order valence-electron chi connectivity index (χ4n) is 3.29. The highest BCUT2D eigenvalue weighted by atomic mass is 32.1. The number of nitrogens with zero attached hydrogens (tertiary/aromatic N) is 3. The topological polar surface area (TPSA) is 97.1 Å². The number of aromatic nitrogens is 3. The fraction of sp³-hybridized carbons (Fsp3) is 0.263. The van der Waals surface area contributed by atoms with Gasteiger partial charge in [0.05, 0.1) is 10.7 Å². The fourth-order valence-corrected chi connectivity index (χ4v) is 4.07. The van der Waals surface area contributed by atoms with E-state index in [1.807, 2.05) is 35.0 Å². The first kappa shape index (κ1) is 17.4. The van der Waals surface area contributed by atoms with Crippen molar-refractivity contribution in [1.29, 1.82) is 0 Å². The van der Waals surface area contributed by atoms with Crippen LogP contribution >= 0.6 is 11.3 Å². The summed E-state index contributed by atoms with van der Waals surface area (Å²) in [4.78, 5) is 27.6. The molecule has 0 saturated carbocycles. The molecule has 0 saturated heterocycles. The molecule has 0 spiro atoms. The van der Waals surface area contributed by atoms with Crippen LogP contribution in [0.25, 0.3) is 5.69 Å². The van der Waals surface area contributed by atoms with Gasteiger partial charge in [-0.3, -0.25) is 4.79 Å². The number of carboxylic acids is 1. The van der Waals surface area contributed by atoms with Crippen LogP contribution in [0.3, 0.4) is 0 Å². The van der Waals surface area contributed by atoms with Gasteiger partial charge in [-0.15, -0.1) is 11.3 Å². The molecule has 1 aliphatic carbocycles. The summed E-state index contributed by atoms with van der Waals surface area (Å²) >= 11 is 1.28. The number of carbonyl (C=O) groups excluding carboxylic acids is 1. The zero-order chi connectivity index (χ0) is 18.8. The van der Waals surface area contributed by atoms with Crippen molar-refractivity contribution in [1.82, 2.24) is 20.1 Å². The highest BCUT2D eigenvalue weighted by molar-refractivity contribution is 7.09. The van der Waals surface area contributed by atoms with Crippen LogP contribution in [0.4, 0.5) is 0 Å². The largest absolute Gasteiger partial charge is 0.476 e. The smallest absolute Gasteiger partial charge is 0.355 e. The molecule has 0 aliphatic heterocycles. The maximum atomic E-state index is 12.7. The van der Waals surface area contributed by atoms with E-state index in [-0.39, 0.29) is 11.6 Å². The third kappa shape index (κ3) is 3.48. The summed E-state index contributed by atoms with van der Waals surface area (Å²) < 4.78 is 1.87. The van der Waals surface area contributed by atoms with Gasteiger partial charge in [-0.25, -0.2) is 14.5 Å². The van der Waals surface area contributed by atoms with Crippen LogP contribution in [0.1, 0.15) is 43.7 Å². The highest BCUT2D eigenvalue weighted by Gasteiger charge is 2.26. The summed E-state index contributed by atoms with van der Waals surface area (Å²) in [6, 6.07) is 9.83. The molecule has 27 heavy (non-hydrogen) atoms. The Bertz CT molecular complexity index is 994. The van der Waals surface area contributed by atoms with Gasteiger partial charge in [-0.2, -0.15) is 5.10 Å². The SMILES string of the molecule is O=C(O)c1csc(CCNC(=O)c2nn(-c3ccccc3)c3c2CCC3)n1.